The highest BCUT2D eigenvalue weighted by atomic mass is 19.3. The molecule has 0 bridgehead atoms. The van der Waals surface area contributed by atoms with Crippen molar-refractivity contribution in [3.8, 4) is 5.75 Å². The number of carbonyl (C=O) groups is 1. The van der Waals surface area contributed by atoms with Crippen LogP contribution in [-0.2, 0) is 0 Å². The molecule has 1 aromatic heterocycles. The molecule has 0 spiro atoms. The third-order valence-electron chi connectivity index (χ3n) is 4.30. The molecule has 0 unspecified atom stereocenters. The first kappa shape index (κ1) is 17.1. The predicted molar refractivity (Wildman–Crippen MR) is 89.9 cm³/mol. The molecule has 132 valence electrons. The summed E-state index contributed by atoms with van der Waals surface area (Å²) in [5.74, 6) is 0.360. The molecule has 5 nitrogen and oxygen atoms in total. The van der Waals surface area contributed by atoms with E-state index in [0.29, 0.717) is 19.0 Å². The van der Waals surface area contributed by atoms with Gasteiger partial charge in [-0.05, 0) is 48.6 Å². The molecule has 2 amide bonds. The zero-order valence-electron chi connectivity index (χ0n) is 13.6. The Balaban J connectivity index is 1.58. The number of piperidine rings is 1. The number of urea groups is 1. The standard InChI is InChI=1S/C18H19F2N3O2/c19-17(20)25-16-4-2-1-3-15(16)22-18(24)23-11-7-14(8-12-23)13-5-9-21-10-6-13/h1-6,9-10,14,17H,7-8,11-12H2,(H,22,24). The van der Waals surface area contributed by atoms with Crippen LogP contribution < -0.4 is 10.1 Å². The molecule has 1 aromatic carbocycles. The average molecular weight is 347 g/mol. The number of amides is 2. The number of rotatable bonds is 4. The van der Waals surface area contributed by atoms with E-state index in [1.807, 2.05) is 12.1 Å². The van der Waals surface area contributed by atoms with Crippen molar-refractivity contribution in [2.75, 3.05) is 18.4 Å². The summed E-state index contributed by atoms with van der Waals surface area (Å²) in [5, 5.41) is 2.66. The van der Waals surface area contributed by atoms with E-state index in [1.54, 1.807) is 35.5 Å². The van der Waals surface area contributed by atoms with Crippen LogP contribution >= 0.6 is 0 Å². The van der Waals surface area contributed by atoms with E-state index in [4.69, 9.17) is 0 Å². The first-order valence-electron chi connectivity index (χ1n) is 8.13. The van der Waals surface area contributed by atoms with Gasteiger partial charge in [-0.3, -0.25) is 4.98 Å². The van der Waals surface area contributed by atoms with Gasteiger partial charge >= 0.3 is 12.6 Å². The topological polar surface area (TPSA) is 54.5 Å². The summed E-state index contributed by atoms with van der Waals surface area (Å²) in [6.45, 7) is -1.72. The molecule has 1 N–H and O–H groups in total. The zero-order valence-corrected chi connectivity index (χ0v) is 13.6. The van der Waals surface area contributed by atoms with Gasteiger partial charge in [0.15, 0.2) is 0 Å². The summed E-state index contributed by atoms with van der Waals surface area (Å²) in [4.78, 5) is 18.1. The largest absolute Gasteiger partial charge is 0.433 e. The smallest absolute Gasteiger partial charge is 0.387 e. The number of hydrogen-bond acceptors (Lipinski definition) is 3. The number of benzene rings is 1. The number of ether oxygens (including phenoxy) is 1. The van der Waals surface area contributed by atoms with Gasteiger partial charge in [0.25, 0.3) is 0 Å². The van der Waals surface area contributed by atoms with Crippen molar-refractivity contribution in [1.29, 1.82) is 0 Å². The highest BCUT2D eigenvalue weighted by Crippen LogP contribution is 2.29. The summed E-state index contributed by atoms with van der Waals surface area (Å²) in [6.07, 6.45) is 5.25. The number of halogens is 2. The van der Waals surface area contributed by atoms with Crippen LogP contribution in [-0.4, -0.2) is 35.6 Å². The maximum absolute atomic E-state index is 12.4. The van der Waals surface area contributed by atoms with Gasteiger partial charge in [0, 0.05) is 25.5 Å². The van der Waals surface area contributed by atoms with Gasteiger partial charge < -0.3 is 15.0 Å². The maximum Gasteiger partial charge on any atom is 0.387 e. The number of pyridine rings is 1. The third-order valence-corrected chi connectivity index (χ3v) is 4.30. The molecule has 1 saturated heterocycles. The molecule has 0 atom stereocenters. The van der Waals surface area contributed by atoms with Crippen LogP contribution in [0.25, 0.3) is 0 Å². The predicted octanol–water partition coefficient (Wildman–Crippen LogP) is 4.09. The highest BCUT2D eigenvalue weighted by Gasteiger charge is 2.24. The minimum atomic E-state index is -2.94. The maximum atomic E-state index is 12.4. The van der Waals surface area contributed by atoms with Crippen molar-refractivity contribution < 1.29 is 18.3 Å². The number of aromatic nitrogens is 1. The highest BCUT2D eigenvalue weighted by molar-refractivity contribution is 5.91. The molecule has 3 rings (SSSR count). The SMILES string of the molecule is O=C(Nc1ccccc1OC(F)F)N1CCC(c2ccncc2)CC1. The van der Waals surface area contributed by atoms with Crippen molar-refractivity contribution in [2.45, 2.75) is 25.4 Å². The molecule has 1 aliphatic heterocycles. The van der Waals surface area contributed by atoms with Crippen molar-refractivity contribution in [3.05, 3.63) is 54.4 Å². The monoisotopic (exact) mass is 347 g/mol. The van der Waals surface area contributed by atoms with Crippen LogP contribution in [0.15, 0.2) is 48.8 Å². The Labute approximate surface area is 144 Å². The van der Waals surface area contributed by atoms with Crippen molar-refractivity contribution in [1.82, 2.24) is 9.88 Å². The molecule has 1 aliphatic rings. The van der Waals surface area contributed by atoms with E-state index in [1.165, 1.54) is 11.6 Å². The minimum Gasteiger partial charge on any atom is -0.433 e. The Bertz CT molecular complexity index is 704. The Morgan fingerprint density at radius 2 is 1.84 bits per heavy atom. The van der Waals surface area contributed by atoms with E-state index in [0.717, 1.165) is 12.8 Å². The molecule has 2 aromatic rings. The van der Waals surface area contributed by atoms with Gasteiger partial charge in [-0.1, -0.05) is 12.1 Å². The summed E-state index contributed by atoms with van der Waals surface area (Å²) in [7, 11) is 0. The van der Waals surface area contributed by atoms with Gasteiger partial charge in [-0.2, -0.15) is 8.78 Å². The lowest BCUT2D eigenvalue weighted by Crippen LogP contribution is -2.40. The minimum absolute atomic E-state index is 0.0440. The fourth-order valence-electron chi connectivity index (χ4n) is 3.01. The van der Waals surface area contributed by atoms with E-state index in [2.05, 4.69) is 15.0 Å². The number of carbonyl (C=O) groups excluding carboxylic acids is 1. The first-order valence-corrected chi connectivity index (χ1v) is 8.13. The van der Waals surface area contributed by atoms with Crippen LogP contribution in [0.5, 0.6) is 5.75 Å². The summed E-state index contributed by atoms with van der Waals surface area (Å²) in [6, 6.07) is 9.86. The number of para-hydroxylation sites is 2. The summed E-state index contributed by atoms with van der Waals surface area (Å²) >= 11 is 0. The van der Waals surface area contributed by atoms with Crippen LogP contribution in [0.3, 0.4) is 0 Å². The number of anilines is 1. The molecule has 7 heteroatoms. The zero-order chi connectivity index (χ0) is 17.6. The van der Waals surface area contributed by atoms with Crippen molar-refractivity contribution in [2.24, 2.45) is 0 Å². The molecule has 25 heavy (non-hydrogen) atoms. The number of alkyl halides is 2. The first-order chi connectivity index (χ1) is 12.1. The van der Waals surface area contributed by atoms with Crippen LogP contribution in [0.4, 0.5) is 19.3 Å². The van der Waals surface area contributed by atoms with Gasteiger partial charge in [-0.25, -0.2) is 4.79 Å². The van der Waals surface area contributed by atoms with E-state index in [-0.39, 0.29) is 17.5 Å². The van der Waals surface area contributed by atoms with Crippen molar-refractivity contribution >= 4 is 11.7 Å². The van der Waals surface area contributed by atoms with Gasteiger partial charge in [0.05, 0.1) is 5.69 Å². The fraction of sp³-hybridized carbons (Fsp3) is 0.333. The van der Waals surface area contributed by atoms with Crippen molar-refractivity contribution in [3.63, 3.8) is 0 Å². The molecular formula is C18H19F2N3O2. The van der Waals surface area contributed by atoms with Gasteiger partial charge in [-0.15, -0.1) is 0 Å². The van der Waals surface area contributed by atoms with Gasteiger partial charge in [0.2, 0.25) is 0 Å². The Hall–Kier alpha value is -2.70. The second kappa shape index (κ2) is 7.92. The fourth-order valence-corrected chi connectivity index (χ4v) is 3.01. The molecule has 0 aliphatic carbocycles. The second-order valence-electron chi connectivity index (χ2n) is 5.85. The van der Waals surface area contributed by atoms with Crippen LogP contribution in [0, 0.1) is 0 Å². The van der Waals surface area contributed by atoms with Gasteiger partial charge in [0.1, 0.15) is 5.75 Å². The number of nitrogens with one attached hydrogen (secondary N) is 1. The molecule has 0 saturated carbocycles. The van der Waals surface area contributed by atoms with E-state index < -0.39 is 6.61 Å². The quantitative estimate of drug-likeness (QED) is 0.906. The van der Waals surface area contributed by atoms with Crippen LogP contribution in [0.1, 0.15) is 24.3 Å². The number of likely N-dealkylation sites (tertiary alicyclic amines) is 1. The summed E-state index contributed by atoms with van der Waals surface area (Å²) in [5.41, 5.74) is 1.47. The van der Waals surface area contributed by atoms with Crippen LogP contribution in [0.2, 0.25) is 0 Å². The molecule has 2 heterocycles. The average Bonchev–Trinajstić information content (AvgIpc) is 2.64. The normalized spacial score (nSPS) is 15.2. The lowest BCUT2D eigenvalue weighted by molar-refractivity contribution is -0.0493. The van der Waals surface area contributed by atoms with E-state index in [9.17, 15) is 13.6 Å². The Morgan fingerprint density at radius 3 is 2.52 bits per heavy atom. The Morgan fingerprint density at radius 1 is 1.16 bits per heavy atom. The molecule has 1 fully saturated rings. The summed E-state index contributed by atoms with van der Waals surface area (Å²) < 4.78 is 29.3. The lowest BCUT2D eigenvalue weighted by atomic mass is 9.90. The Kier molecular flexibility index (Phi) is 5.42. The number of nitrogens with zero attached hydrogens (tertiary/aromatic N) is 2. The van der Waals surface area contributed by atoms with E-state index >= 15 is 0 Å². The molecule has 0 radical (unpaired) electrons. The second-order valence-corrected chi connectivity index (χ2v) is 5.85. The lowest BCUT2D eigenvalue weighted by Gasteiger charge is -2.32. The number of hydrogen-bond donors (Lipinski definition) is 1. The molecular weight excluding hydrogens is 328 g/mol. The third kappa shape index (κ3) is 4.43.